The predicted octanol–water partition coefficient (Wildman–Crippen LogP) is 3.08. The van der Waals surface area contributed by atoms with Crippen molar-refractivity contribution < 1.29 is 19.1 Å². The van der Waals surface area contributed by atoms with Gasteiger partial charge in [-0.05, 0) is 53.0 Å². The third-order valence-electron chi connectivity index (χ3n) is 6.63. The lowest BCUT2D eigenvalue weighted by atomic mass is 9.89. The molecule has 2 fully saturated rings. The Morgan fingerprint density at radius 3 is 2.33 bits per heavy atom. The topological polar surface area (TPSA) is 93.9 Å². The second kappa shape index (κ2) is 10.7. The van der Waals surface area contributed by atoms with Gasteiger partial charge >= 0.3 is 0 Å². The summed E-state index contributed by atoms with van der Waals surface area (Å²) in [6, 6.07) is 0.369. The van der Waals surface area contributed by atoms with Crippen molar-refractivity contribution in [3.63, 3.8) is 0 Å². The lowest BCUT2D eigenvalue weighted by Gasteiger charge is -2.41. The van der Waals surface area contributed by atoms with Gasteiger partial charge in [-0.25, -0.2) is 0 Å². The van der Waals surface area contributed by atoms with Crippen molar-refractivity contribution in [3.8, 4) is 0 Å². The molecule has 30 heavy (non-hydrogen) atoms. The predicted molar refractivity (Wildman–Crippen MR) is 117 cm³/mol. The normalized spacial score (nSPS) is 22.2. The highest BCUT2D eigenvalue weighted by molar-refractivity contribution is 6.04. The van der Waals surface area contributed by atoms with Crippen molar-refractivity contribution >= 4 is 11.8 Å². The SMILES string of the molecule is CN(C1CCCCC1)C(C)(C)C(=O)NC(=O)C=C(N)C(C)(C)COC1CCCCO1. The van der Waals surface area contributed by atoms with E-state index in [1.807, 2.05) is 34.7 Å². The van der Waals surface area contributed by atoms with Gasteiger partial charge < -0.3 is 15.2 Å². The van der Waals surface area contributed by atoms with Gasteiger partial charge in [0.2, 0.25) is 5.91 Å². The molecule has 0 radical (unpaired) electrons. The Bertz CT molecular complexity index is 618. The van der Waals surface area contributed by atoms with Crippen LogP contribution in [-0.2, 0) is 19.1 Å². The minimum absolute atomic E-state index is 0.211. The highest BCUT2D eigenvalue weighted by Gasteiger charge is 2.37. The minimum atomic E-state index is -0.781. The Balaban J connectivity index is 1.90. The van der Waals surface area contributed by atoms with Crippen molar-refractivity contribution in [1.29, 1.82) is 0 Å². The third-order valence-corrected chi connectivity index (χ3v) is 6.63. The van der Waals surface area contributed by atoms with Gasteiger partial charge in [0.25, 0.3) is 5.91 Å². The van der Waals surface area contributed by atoms with Crippen molar-refractivity contribution in [2.24, 2.45) is 11.1 Å². The number of rotatable bonds is 8. The monoisotopic (exact) mass is 423 g/mol. The average molecular weight is 424 g/mol. The Labute approximate surface area is 181 Å². The number of imide groups is 1. The van der Waals surface area contributed by atoms with Gasteiger partial charge in [-0.15, -0.1) is 0 Å². The molecular weight excluding hydrogens is 382 g/mol. The number of carbonyl (C=O) groups excluding carboxylic acids is 2. The Morgan fingerprint density at radius 1 is 1.10 bits per heavy atom. The number of likely N-dealkylation sites (N-methyl/N-ethyl adjacent to an activating group) is 1. The molecule has 1 aliphatic carbocycles. The van der Waals surface area contributed by atoms with Gasteiger partial charge in [0, 0.05) is 29.8 Å². The van der Waals surface area contributed by atoms with Gasteiger partial charge in [0.1, 0.15) is 0 Å². The summed E-state index contributed by atoms with van der Waals surface area (Å²) in [5.74, 6) is -0.807. The van der Waals surface area contributed by atoms with E-state index in [1.54, 1.807) is 0 Å². The van der Waals surface area contributed by atoms with Crippen LogP contribution in [-0.4, -0.2) is 54.8 Å². The minimum Gasteiger partial charge on any atom is -0.401 e. The quantitative estimate of drug-likeness (QED) is 0.583. The number of carbonyl (C=O) groups is 2. The summed E-state index contributed by atoms with van der Waals surface area (Å²) in [7, 11) is 1.97. The second-order valence-corrected chi connectivity index (χ2v) is 9.87. The Morgan fingerprint density at radius 2 is 1.73 bits per heavy atom. The molecule has 1 aliphatic heterocycles. The molecule has 1 unspecified atom stereocenters. The van der Waals surface area contributed by atoms with Crippen LogP contribution in [0.15, 0.2) is 11.8 Å². The maximum atomic E-state index is 12.8. The zero-order valence-electron chi connectivity index (χ0n) is 19.5. The van der Waals surface area contributed by atoms with Crippen molar-refractivity contribution in [2.75, 3.05) is 20.3 Å². The van der Waals surface area contributed by atoms with Crippen LogP contribution in [0.1, 0.15) is 79.1 Å². The molecule has 172 valence electrons. The molecular formula is C23H41N3O4. The van der Waals surface area contributed by atoms with E-state index in [0.29, 0.717) is 25.0 Å². The van der Waals surface area contributed by atoms with Crippen LogP contribution in [0.2, 0.25) is 0 Å². The molecule has 1 heterocycles. The van der Waals surface area contributed by atoms with Gasteiger partial charge in [-0.3, -0.25) is 19.8 Å². The molecule has 0 aromatic heterocycles. The van der Waals surface area contributed by atoms with Gasteiger partial charge in [-0.2, -0.15) is 0 Å². The van der Waals surface area contributed by atoms with Crippen LogP contribution in [0.3, 0.4) is 0 Å². The molecule has 7 heteroatoms. The third kappa shape index (κ3) is 6.79. The molecule has 1 saturated heterocycles. The number of ether oxygens (including phenoxy) is 2. The van der Waals surface area contributed by atoms with Crippen LogP contribution in [0.25, 0.3) is 0 Å². The molecule has 2 rings (SSSR count). The fraction of sp³-hybridized carbons (Fsp3) is 0.826. The van der Waals surface area contributed by atoms with Gasteiger partial charge in [0.15, 0.2) is 6.29 Å². The first-order valence-electron chi connectivity index (χ1n) is 11.3. The zero-order chi connectivity index (χ0) is 22.4. The van der Waals surface area contributed by atoms with E-state index in [9.17, 15) is 9.59 Å². The highest BCUT2D eigenvalue weighted by atomic mass is 16.7. The van der Waals surface area contributed by atoms with Gasteiger partial charge in [0.05, 0.1) is 12.1 Å². The highest BCUT2D eigenvalue weighted by Crippen LogP contribution is 2.28. The average Bonchev–Trinajstić information content (AvgIpc) is 2.73. The fourth-order valence-electron chi connectivity index (χ4n) is 3.95. The standard InChI is InChI=1S/C23H41N3O4/c1-22(2,16-30-20-13-9-10-14-29-20)18(24)15-19(27)25-21(28)23(3,4)26(5)17-11-7-6-8-12-17/h15,17,20H,6-14,16,24H2,1-5H3,(H,25,27,28). The smallest absolute Gasteiger partial charge is 0.252 e. The first kappa shape index (κ1) is 24.8. The molecule has 1 atom stereocenters. The first-order chi connectivity index (χ1) is 14.0. The maximum Gasteiger partial charge on any atom is 0.252 e. The molecule has 0 bridgehead atoms. The molecule has 1 saturated carbocycles. The second-order valence-electron chi connectivity index (χ2n) is 9.87. The van der Waals surface area contributed by atoms with Crippen LogP contribution >= 0.6 is 0 Å². The summed E-state index contributed by atoms with van der Waals surface area (Å²) in [5.41, 5.74) is 5.24. The van der Waals surface area contributed by atoms with E-state index in [-0.39, 0.29) is 12.2 Å². The van der Waals surface area contributed by atoms with Crippen molar-refractivity contribution in [2.45, 2.75) is 96.9 Å². The lowest BCUT2D eigenvalue weighted by molar-refractivity contribution is -0.173. The van der Waals surface area contributed by atoms with E-state index in [0.717, 1.165) is 32.1 Å². The number of nitrogens with one attached hydrogen (secondary N) is 1. The molecule has 7 nitrogen and oxygen atoms in total. The first-order valence-corrected chi connectivity index (χ1v) is 11.3. The van der Waals surface area contributed by atoms with E-state index in [2.05, 4.69) is 10.2 Å². The number of nitrogens with zero attached hydrogens (tertiary/aromatic N) is 1. The van der Waals surface area contributed by atoms with E-state index in [1.165, 1.54) is 25.3 Å². The summed E-state index contributed by atoms with van der Waals surface area (Å²) in [6.07, 6.45) is 9.93. The molecule has 3 N–H and O–H groups in total. The molecule has 0 aromatic carbocycles. The fourth-order valence-corrected chi connectivity index (χ4v) is 3.95. The van der Waals surface area contributed by atoms with E-state index < -0.39 is 16.9 Å². The molecule has 2 amide bonds. The lowest BCUT2D eigenvalue weighted by Crippen LogP contribution is -2.57. The number of nitrogens with two attached hydrogens (primary N) is 1. The van der Waals surface area contributed by atoms with Crippen LogP contribution in [0, 0.1) is 5.41 Å². The number of hydrogen-bond donors (Lipinski definition) is 2. The van der Waals surface area contributed by atoms with Crippen LogP contribution in [0.4, 0.5) is 0 Å². The summed E-state index contributed by atoms with van der Waals surface area (Å²) in [4.78, 5) is 27.4. The van der Waals surface area contributed by atoms with E-state index >= 15 is 0 Å². The van der Waals surface area contributed by atoms with Gasteiger partial charge in [-0.1, -0.05) is 33.1 Å². The maximum absolute atomic E-state index is 12.8. The molecule has 2 aliphatic rings. The summed E-state index contributed by atoms with van der Waals surface area (Å²) < 4.78 is 11.4. The van der Waals surface area contributed by atoms with Crippen LogP contribution < -0.4 is 11.1 Å². The van der Waals surface area contributed by atoms with E-state index in [4.69, 9.17) is 15.2 Å². The Kier molecular flexibility index (Phi) is 8.88. The molecule has 0 spiro atoms. The van der Waals surface area contributed by atoms with Crippen molar-refractivity contribution in [1.82, 2.24) is 10.2 Å². The number of hydrogen-bond acceptors (Lipinski definition) is 6. The summed E-state index contributed by atoms with van der Waals surface area (Å²) in [6.45, 7) is 8.61. The number of amides is 2. The molecule has 0 aromatic rings. The van der Waals surface area contributed by atoms with Crippen molar-refractivity contribution in [3.05, 3.63) is 11.8 Å². The largest absolute Gasteiger partial charge is 0.401 e. The Hall–Kier alpha value is -1.44. The summed E-state index contributed by atoms with van der Waals surface area (Å²) >= 11 is 0. The van der Waals surface area contributed by atoms with Crippen LogP contribution in [0.5, 0.6) is 0 Å². The zero-order valence-corrected chi connectivity index (χ0v) is 19.5. The summed E-state index contributed by atoms with van der Waals surface area (Å²) in [5, 5.41) is 2.51.